The summed E-state index contributed by atoms with van der Waals surface area (Å²) in [5.41, 5.74) is 14.7. The second-order valence-electron chi connectivity index (χ2n) is 25.8. The van der Waals surface area contributed by atoms with Crippen molar-refractivity contribution in [2.24, 2.45) is 0 Å². The minimum atomic E-state index is -0.224. The van der Waals surface area contributed by atoms with Crippen LogP contribution in [0.5, 0.6) is 46.6 Å². The lowest BCUT2D eigenvalue weighted by molar-refractivity contribution is 0.122. The summed E-state index contributed by atoms with van der Waals surface area (Å²) in [5.74, 6) is 11.0. The maximum Gasteiger partial charge on any atom is 0.260 e. The van der Waals surface area contributed by atoms with Crippen molar-refractivity contribution >= 4 is 91.9 Å². The molecule has 30 nitrogen and oxygen atoms in total. The molecule has 16 aliphatic rings. The van der Waals surface area contributed by atoms with E-state index in [1.165, 1.54) is 28.6 Å². The van der Waals surface area contributed by atoms with E-state index >= 15 is 0 Å². The van der Waals surface area contributed by atoms with Crippen LogP contribution in [0.4, 0.5) is 91.9 Å². The van der Waals surface area contributed by atoms with E-state index in [0.29, 0.717) is 35.1 Å². The SMILES string of the molecule is C.c1cc2c3c(c1)N1c4nccnc4OC1C3C1Oc3cncnc3N21.c1cc2c3c(c1)N1c4nccnc4OC1C3C1Oc3nccnc3N21.c1cc2c3c(c1)N1c4nccnc4OC1C3C1Oc3ncncc3N21.c1cnc2c(c1)OC1C3c4c(cccc4N4c5ncccc5OC34)N21. The molecular formula is C71H46N22O8. The molecule has 0 fully saturated rings. The molecule has 0 spiro atoms. The van der Waals surface area contributed by atoms with Gasteiger partial charge in [-0.25, -0.2) is 64.8 Å². The monoisotopic (exact) mass is 1330 g/mol. The van der Waals surface area contributed by atoms with Gasteiger partial charge in [-0.2, -0.15) is 4.98 Å². The Kier molecular flexibility index (Phi) is 10.1. The largest absolute Gasteiger partial charge is 0.465 e. The van der Waals surface area contributed by atoms with Crippen molar-refractivity contribution < 1.29 is 37.9 Å². The summed E-state index contributed by atoms with van der Waals surface area (Å²) in [6.45, 7) is 0. The highest BCUT2D eigenvalue weighted by Gasteiger charge is 2.65. The van der Waals surface area contributed by atoms with E-state index in [1.54, 1.807) is 68.3 Å². The van der Waals surface area contributed by atoms with Crippen LogP contribution in [0.2, 0.25) is 0 Å². The van der Waals surface area contributed by atoms with Crippen molar-refractivity contribution in [2.45, 2.75) is 80.9 Å². The number of anilines is 16. The van der Waals surface area contributed by atoms with Crippen LogP contribution in [-0.4, -0.2) is 120 Å². The highest BCUT2D eigenvalue weighted by atomic mass is 16.6. The Bertz CT molecular complexity index is 4650. The summed E-state index contributed by atoms with van der Waals surface area (Å²) in [5, 5.41) is 0. The molecule has 24 heterocycles. The van der Waals surface area contributed by atoms with Crippen molar-refractivity contribution in [1.82, 2.24) is 69.8 Å². The summed E-state index contributed by atoms with van der Waals surface area (Å²) in [4.78, 5) is 78.4. The standard InChI is InChI=1S/C19H12N4O2.3C17H10N6O2.CH4/c1-4-10-14-11(5-1)23-17-13(7-3-9-21-17)25-19(23)15(14)18-22(10)16-12(24-18)6-2-8-20-16;1-2-8-10-9(3-1)23-13-15(21-7-5-19-13)25-17(23)11(10)16-22(8)12-14(24-16)20-6-4-18-12;1-2-8-11-9(3-1)23-13-15(20-5-4-19-13)25-17(23)12(11)16-22(8)10-6-18-7-21-14(10)24-16;1-2-8-11-9(3-1)23-14-15(20-5-4-19-14)25-17(23)12(11)16-22(8)13-10(24-16)6-18-7-21-13;/h1-9,15,18-19H;1-7,11,16-17H;2*1-7,12,16-17H;1H4. The third-order valence-electron chi connectivity index (χ3n) is 21.3. The predicted octanol–water partition coefficient (Wildman–Crippen LogP) is 10.2. The quantitative estimate of drug-likeness (QED) is 0.136. The van der Waals surface area contributed by atoms with Crippen molar-refractivity contribution in [3.8, 4) is 46.6 Å². The molecule has 0 saturated carbocycles. The summed E-state index contributed by atoms with van der Waals surface area (Å²) in [7, 11) is 0. The van der Waals surface area contributed by atoms with Crippen LogP contribution in [0.3, 0.4) is 0 Å². The van der Waals surface area contributed by atoms with Gasteiger partial charge in [-0.15, -0.1) is 0 Å². The number of ether oxygens (including phenoxy) is 8. The Hall–Kier alpha value is -13.5. The number of benzene rings is 4. The fourth-order valence-electron chi connectivity index (χ4n) is 17.9. The molecule has 16 aliphatic heterocycles. The fraction of sp³-hybridized carbons (Fsp3) is 0.183. The predicted molar refractivity (Wildman–Crippen MR) is 357 cm³/mol. The first-order valence-electron chi connectivity index (χ1n) is 32.6. The molecule has 10 atom stereocenters. The molecule has 28 rings (SSSR count). The van der Waals surface area contributed by atoms with Gasteiger partial charge in [-0.05, 0) is 72.8 Å². The summed E-state index contributed by atoms with van der Waals surface area (Å²) in [6, 6.07) is 32.9. The van der Waals surface area contributed by atoms with Crippen molar-refractivity contribution in [1.29, 1.82) is 0 Å². The van der Waals surface area contributed by atoms with Gasteiger partial charge in [0.05, 0.1) is 57.9 Å². The molecular weight excluding hydrogens is 1290 g/mol. The van der Waals surface area contributed by atoms with E-state index in [-0.39, 0.29) is 80.9 Å². The van der Waals surface area contributed by atoms with Crippen LogP contribution in [0.25, 0.3) is 0 Å². The molecule has 0 bridgehead atoms. The lowest BCUT2D eigenvalue weighted by Gasteiger charge is -2.26. The normalized spacial score (nSPS) is 25.4. The third-order valence-corrected chi connectivity index (χ3v) is 21.3. The van der Waals surface area contributed by atoms with Crippen LogP contribution >= 0.6 is 0 Å². The van der Waals surface area contributed by atoms with E-state index in [1.807, 2.05) is 54.9 Å². The highest BCUT2D eigenvalue weighted by molar-refractivity contribution is 5.93. The zero-order valence-corrected chi connectivity index (χ0v) is 51.4. The van der Waals surface area contributed by atoms with Crippen molar-refractivity contribution in [3.63, 3.8) is 0 Å². The molecule has 12 aromatic rings. The molecule has 0 radical (unpaired) electrons. The van der Waals surface area contributed by atoms with Crippen LogP contribution in [0.1, 0.15) is 53.4 Å². The Morgan fingerprint density at radius 3 is 0.911 bits per heavy atom. The number of aromatic nitrogens is 14. The lowest BCUT2D eigenvalue weighted by atomic mass is 10.0. The number of pyridine rings is 2. The molecule has 30 heteroatoms. The molecule has 488 valence electrons. The van der Waals surface area contributed by atoms with Gasteiger partial charge in [0.1, 0.15) is 42.0 Å². The Balaban J connectivity index is 0.0000000809. The summed E-state index contributed by atoms with van der Waals surface area (Å²) in [6.07, 6.45) is 22.0. The Morgan fingerprint density at radius 1 is 0.228 bits per heavy atom. The average Bonchev–Trinajstić information content (AvgIpc) is 1.54. The highest BCUT2D eigenvalue weighted by Crippen LogP contribution is 2.68. The second kappa shape index (κ2) is 19.0. The van der Waals surface area contributed by atoms with Gasteiger partial charge in [-0.3, -0.25) is 39.2 Å². The molecule has 0 saturated heterocycles. The van der Waals surface area contributed by atoms with Crippen molar-refractivity contribution in [2.75, 3.05) is 39.2 Å². The molecule has 10 unspecified atom stereocenters. The van der Waals surface area contributed by atoms with Gasteiger partial charge in [0.25, 0.3) is 23.5 Å². The smallest absolute Gasteiger partial charge is 0.260 e. The van der Waals surface area contributed by atoms with Gasteiger partial charge < -0.3 is 37.9 Å². The molecule has 0 aliphatic carbocycles. The zero-order chi connectivity index (χ0) is 64.5. The minimum Gasteiger partial charge on any atom is -0.465 e. The van der Waals surface area contributed by atoms with E-state index in [0.717, 1.165) is 103 Å². The van der Waals surface area contributed by atoms with E-state index in [9.17, 15) is 0 Å². The lowest BCUT2D eigenvalue weighted by Crippen LogP contribution is -2.41. The van der Waals surface area contributed by atoms with Crippen LogP contribution < -0.4 is 77.1 Å². The molecule has 8 aromatic heterocycles. The first kappa shape index (κ1) is 53.6. The van der Waals surface area contributed by atoms with Gasteiger partial charge in [0, 0.05) is 84.2 Å². The van der Waals surface area contributed by atoms with E-state index in [4.69, 9.17) is 37.9 Å². The first-order valence-corrected chi connectivity index (χ1v) is 32.6. The average molecular weight is 1340 g/mol. The zero-order valence-electron chi connectivity index (χ0n) is 51.4. The van der Waals surface area contributed by atoms with Gasteiger partial charge in [0.2, 0.25) is 5.88 Å². The van der Waals surface area contributed by atoms with Crippen LogP contribution in [0.15, 0.2) is 184 Å². The Morgan fingerprint density at radius 2 is 0.515 bits per heavy atom. The molecule has 4 aromatic carbocycles. The summed E-state index contributed by atoms with van der Waals surface area (Å²) >= 11 is 0. The molecule has 0 N–H and O–H groups in total. The van der Waals surface area contributed by atoms with Crippen LogP contribution in [-0.2, 0) is 0 Å². The molecule has 101 heavy (non-hydrogen) atoms. The number of rotatable bonds is 0. The van der Waals surface area contributed by atoms with Crippen molar-refractivity contribution in [3.05, 3.63) is 206 Å². The first-order chi connectivity index (χ1) is 49.7. The Labute approximate surface area is 570 Å². The third kappa shape index (κ3) is 6.57. The number of fused-ring (bicyclic) bond motifs is 40. The number of hydrogen-bond donors (Lipinski definition) is 0. The maximum absolute atomic E-state index is 6.29. The topological polar surface area (TPSA) is 280 Å². The van der Waals surface area contributed by atoms with Crippen LogP contribution in [0, 0.1) is 0 Å². The van der Waals surface area contributed by atoms with Gasteiger partial charge in [0.15, 0.2) is 108 Å². The van der Waals surface area contributed by atoms with Gasteiger partial charge in [-0.1, -0.05) is 31.7 Å². The maximum atomic E-state index is 6.29. The van der Waals surface area contributed by atoms with Gasteiger partial charge >= 0.3 is 0 Å². The second-order valence-corrected chi connectivity index (χ2v) is 25.8. The number of hydrogen-bond acceptors (Lipinski definition) is 30. The minimum absolute atomic E-state index is 0. The van der Waals surface area contributed by atoms with E-state index < -0.39 is 0 Å². The fourth-order valence-corrected chi connectivity index (χ4v) is 17.9. The summed E-state index contributed by atoms with van der Waals surface area (Å²) < 4.78 is 49.6. The molecule has 0 amide bonds. The number of nitrogens with zero attached hydrogens (tertiary/aromatic N) is 22. The van der Waals surface area contributed by atoms with E-state index in [2.05, 4.69) is 164 Å².